The highest BCUT2D eigenvalue weighted by Crippen LogP contribution is 2.52. The SMILES string of the molecule is Cn1cnc(-c2cc3cnc(-c4cn([C@@H]5CC5(F)F)nc4-c4ccc(F)cc4)nc3o2)c1. The third kappa shape index (κ3) is 3.06. The first-order valence-electron chi connectivity index (χ1n) is 9.85. The summed E-state index contributed by atoms with van der Waals surface area (Å²) in [7, 11) is 1.86. The Bertz CT molecular complexity index is 1470. The molecule has 0 unspecified atom stereocenters. The second-order valence-electron chi connectivity index (χ2n) is 7.85. The summed E-state index contributed by atoms with van der Waals surface area (Å²) in [6.07, 6.45) is 6.32. The zero-order chi connectivity index (χ0) is 22.0. The average molecular weight is 436 g/mol. The Kier molecular flexibility index (Phi) is 3.83. The van der Waals surface area contributed by atoms with Crippen LogP contribution in [0.5, 0.6) is 0 Å². The molecular formula is C22H15F3N6O. The van der Waals surface area contributed by atoms with Gasteiger partial charge < -0.3 is 8.98 Å². The van der Waals surface area contributed by atoms with E-state index in [0.717, 1.165) is 0 Å². The molecule has 0 N–H and O–H groups in total. The molecule has 10 heteroatoms. The molecule has 4 aromatic heterocycles. The molecule has 4 heterocycles. The van der Waals surface area contributed by atoms with Gasteiger partial charge in [-0.3, -0.25) is 4.68 Å². The Morgan fingerprint density at radius 1 is 1.12 bits per heavy atom. The second kappa shape index (κ2) is 6.52. The van der Waals surface area contributed by atoms with Crippen LogP contribution in [-0.4, -0.2) is 35.2 Å². The minimum atomic E-state index is -2.80. The van der Waals surface area contributed by atoms with Crippen LogP contribution in [0.25, 0.3) is 45.2 Å². The van der Waals surface area contributed by atoms with Crippen molar-refractivity contribution in [2.24, 2.45) is 7.05 Å². The molecule has 0 bridgehead atoms. The molecule has 32 heavy (non-hydrogen) atoms. The van der Waals surface area contributed by atoms with Gasteiger partial charge in [0.2, 0.25) is 5.71 Å². The quantitative estimate of drug-likeness (QED) is 0.402. The van der Waals surface area contributed by atoms with Gasteiger partial charge in [-0.1, -0.05) is 0 Å². The van der Waals surface area contributed by atoms with Crippen molar-refractivity contribution in [2.45, 2.75) is 18.4 Å². The highest BCUT2D eigenvalue weighted by Gasteiger charge is 2.59. The zero-order valence-electron chi connectivity index (χ0n) is 16.7. The van der Waals surface area contributed by atoms with Gasteiger partial charge in [0.1, 0.15) is 23.2 Å². The van der Waals surface area contributed by atoms with E-state index in [1.807, 2.05) is 13.2 Å². The second-order valence-corrected chi connectivity index (χ2v) is 7.85. The highest BCUT2D eigenvalue weighted by atomic mass is 19.3. The number of hydrogen-bond donors (Lipinski definition) is 0. The van der Waals surface area contributed by atoms with Gasteiger partial charge in [-0.25, -0.2) is 23.1 Å². The fourth-order valence-corrected chi connectivity index (χ4v) is 3.65. The van der Waals surface area contributed by atoms with Crippen molar-refractivity contribution in [3.63, 3.8) is 0 Å². The third-order valence-corrected chi connectivity index (χ3v) is 5.43. The van der Waals surface area contributed by atoms with Crippen LogP contribution in [-0.2, 0) is 7.05 Å². The average Bonchev–Trinajstić information content (AvgIpc) is 3.22. The van der Waals surface area contributed by atoms with Crippen LogP contribution in [0, 0.1) is 5.82 Å². The fourth-order valence-electron chi connectivity index (χ4n) is 3.65. The van der Waals surface area contributed by atoms with E-state index in [1.54, 1.807) is 35.3 Å². The highest BCUT2D eigenvalue weighted by molar-refractivity contribution is 5.82. The number of hydrogen-bond acceptors (Lipinski definition) is 5. The first-order chi connectivity index (χ1) is 15.4. The number of aryl methyl sites for hydroxylation is 1. The number of fused-ring (bicyclic) bond motifs is 1. The number of imidazole rings is 1. The predicted octanol–water partition coefficient (Wildman–Crippen LogP) is 4.87. The van der Waals surface area contributed by atoms with E-state index in [4.69, 9.17) is 4.42 Å². The van der Waals surface area contributed by atoms with Gasteiger partial charge in [0, 0.05) is 37.6 Å². The largest absolute Gasteiger partial charge is 0.436 e. The van der Waals surface area contributed by atoms with Crippen LogP contribution in [0.3, 0.4) is 0 Å². The summed E-state index contributed by atoms with van der Waals surface area (Å²) < 4.78 is 49.7. The summed E-state index contributed by atoms with van der Waals surface area (Å²) in [4.78, 5) is 13.2. The number of aromatic nitrogens is 6. The Labute approximate surface area is 179 Å². The molecule has 0 amide bonds. The molecule has 0 radical (unpaired) electrons. The molecule has 5 aromatic rings. The topological polar surface area (TPSA) is 74.6 Å². The monoisotopic (exact) mass is 436 g/mol. The summed E-state index contributed by atoms with van der Waals surface area (Å²) >= 11 is 0. The van der Waals surface area contributed by atoms with Crippen molar-refractivity contribution in [3.8, 4) is 34.1 Å². The molecule has 0 saturated heterocycles. The minimum absolute atomic E-state index is 0.272. The maximum atomic E-state index is 13.7. The smallest absolute Gasteiger partial charge is 0.272 e. The summed E-state index contributed by atoms with van der Waals surface area (Å²) in [5, 5.41) is 5.05. The van der Waals surface area contributed by atoms with Crippen molar-refractivity contribution >= 4 is 11.1 Å². The minimum Gasteiger partial charge on any atom is -0.436 e. The van der Waals surface area contributed by atoms with Crippen molar-refractivity contribution < 1.29 is 17.6 Å². The van der Waals surface area contributed by atoms with E-state index in [2.05, 4.69) is 20.1 Å². The van der Waals surface area contributed by atoms with Gasteiger partial charge >= 0.3 is 0 Å². The van der Waals surface area contributed by atoms with Gasteiger partial charge in [0.15, 0.2) is 11.6 Å². The summed E-state index contributed by atoms with van der Waals surface area (Å²) in [6.45, 7) is 0. The molecule has 1 aliphatic carbocycles. The summed E-state index contributed by atoms with van der Waals surface area (Å²) in [5.74, 6) is -2.39. The molecule has 1 atom stereocenters. The third-order valence-electron chi connectivity index (χ3n) is 5.43. The van der Waals surface area contributed by atoms with E-state index in [1.165, 1.54) is 23.0 Å². The maximum absolute atomic E-state index is 13.7. The van der Waals surface area contributed by atoms with E-state index in [0.29, 0.717) is 39.4 Å². The van der Waals surface area contributed by atoms with Crippen LogP contribution in [0.2, 0.25) is 0 Å². The lowest BCUT2D eigenvalue weighted by Crippen LogP contribution is -2.02. The van der Waals surface area contributed by atoms with Crippen molar-refractivity contribution in [2.75, 3.05) is 0 Å². The van der Waals surface area contributed by atoms with Crippen LogP contribution >= 0.6 is 0 Å². The first kappa shape index (κ1) is 18.8. The van der Waals surface area contributed by atoms with E-state index in [-0.39, 0.29) is 12.2 Å². The van der Waals surface area contributed by atoms with Crippen LogP contribution in [0.4, 0.5) is 13.2 Å². The molecule has 7 nitrogen and oxygen atoms in total. The summed E-state index contributed by atoms with van der Waals surface area (Å²) in [5.41, 5.74) is 2.41. The van der Waals surface area contributed by atoms with Crippen LogP contribution in [0.15, 0.2) is 59.7 Å². The van der Waals surface area contributed by atoms with E-state index in [9.17, 15) is 13.2 Å². The van der Waals surface area contributed by atoms with Crippen LogP contribution < -0.4 is 0 Å². The lowest BCUT2D eigenvalue weighted by Gasteiger charge is -2.01. The van der Waals surface area contributed by atoms with E-state index >= 15 is 0 Å². The van der Waals surface area contributed by atoms with Gasteiger partial charge in [-0.15, -0.1) is 0 Å². The molecule has 0 aliphatic heterocycles. The lowest BCUT2D eigenvalue weighted by molar-refractivity contribution is 0.0984. The number of rotatable bonds is 4. The van der Waals surface area contributed by atoms with Crippen molar-refractivity contribution in [1.29, 1.82) is 0 Å². The maximum Gasteiger partial charge on any atom is 0.272 e. The molecule has 0 spiro atoms. The van der Waals surface area contributed by atoms with Gasteiger partial charge in [-0.05, 0) is 30.3 Å². The molecular weight excluding hydrogens is 421 g/mol. The van der Waals surface area contributed by atoms with Crippen molar-refractivity contribution in [3.05, 3.63) is 61.1 Å². The number of nitrogens with zero attached hydrogens (tertiary/aromatic N) is 6. The molecule has 1 fully saturated rings. The number of benzene rings is 1. The zero-order valence-corrected chi connectivity index (χ0v) is 16.7. The molecule has 1 aliphatic rings. The molecule has 160 valence electrons. The Hall–Kier alpha value is -3.95. The summed E-state index contributed by atoms with van der Waals surface area (Å²) in [6, 6.07) is 6.44. The van der Waals surface area contributed by atoms with Crippen molar-refractivity contribution in [1.82, 2.24) is 29.3 Å². The fraction of sp³-hybridized carbons (Fsp3) is 0.182. The van der Waals surface area contributed by atoms with Gasteiger partial charge in [-0.2, -0.15) is 10.1 Å². The molecule has 1 aromatic carbocycles. The van der Waals surface area contributed by atoms with Gasteiger partial charge in [0.25, 0.3) is 5.92 Å². The molecule has 1 saturated carbocycles. The normalized spacial score (nSPS) is 17.2. The standard InChI is InChI=1S/C22H15F3N6O/c1-30-10-16(27-11-30)17-6-13-8-26-20(28-21(13)32-17)15-9-31(18-7-22(18,24)25)29-19(15)12-2-4-14(23)5-3-12/h2-6,8-11,18H,7H2,1H3/t18-/m1/s1. The number of halogens is 3. The Morgan fingerprint density at radius 3 is 2.59 bits per heavy atom. The van der Waals surface area contributed by atoms with E-state index < -0.39 is 17.8 Å². The Balaban J connectivity index is 1.47. The predicted molar refractivity (Wildman–Crippen MR) is 109 cm³/mol. The van der Waals surface area contributed by atoms with Gasteiger partial charge in [0.05, 0.1) is 17.3 Å². The van der Waals surface area contributed by atoms with Crippen LogP contribution in [0.1, 0.15) is 12.5 Å². The molecule has 6 rings (SSSR count). The Morgan fingerprint density at radius 2 is 1.91 bits per heavy atom. The lowest BCUT2D eigenvalue weighted by atomic mass is 10.1. The number of furan rings is 1. The number of alkyl halides is 2. The first-order valence-corrected chi connectivity index (χ1v) is 9.85.